The molecule has 4 nitrogen and oxygen atoms in total. The Hall–Kier alpha value is -1.96. The van der Waals surface area contributed by atoms with E-state index < -0.39 is 29.9 Å². The Morgan fingerprint density at radius 3 is 2.52 bits per heavy atom. The van der Waals surface area contributed by atoms with Crippen molar-refractivity contribution in [3.05, 3.63) is 52.5 Å². The van der Waals surface area contributed by atoms with E-state index >= 15 is 0 Å². The van der Waals surface area contributed by atoms with Gasteiger partial charge >= 0.3 is 12.1 Å². The zero-order valence-electron chi connectivity index (χ0n) is 12.2. The van der Waals surface area contributed by atoms with Crippen molar-refractivity contribution >= 4 is 29.4 Å². The Kier molecular flexibility index (Phi) is 4.35. The number of halogens is 5. The molecule has 0 aliphatic heterocycles. The minimum Gasteiger partial charge on any atom is -0.482 e. The number of carbonyl (C=O) groups excluding carboxylic acids is 1. The maximum Gasteiger partial charge on any atom is 0.425 e. The molecular weight excluding hydrogens is 384 g/mol. The van der Waals surface area contributed by atoms with Crippen LogP contribution in [-0.4, -0.2) is 23.9 Å². The number of hydrogen-bond donors (Lipinski definition) is 1. The van der Waals surface area contributed by atoms with Crippen molar-refractivity contribution in [1.82, 2.24) is 0 Å². The van der Waals surface area contributed by atoms with Crippen molar-refractivity contribution in [2.45, 2.75) is 11.8 Å². The monoisotopic (exact) mass is 392 g/mol. The van der Waals surface area contributed by atoms with Crippen LogP contribution in [0, 0.1) is 0 Å². The third-order valence-electron chi connectivity index (χ3n) is 3.89. The third kappa shape index (κ3) is 2.72. The lowest BCUT2D eigenvalue weighted by molar-refractivity contribution is -0.246. The Bertz CT molecular complexity index is 854. The summed E-state index contributed by atoms with van der Waals surface area (Å²) in [4.78, 5) is 11.0. The molecule has 0 saturated carbocycles. The lowest BCUT2D eigenvalue weighted by atomic mass is 9.90. The minimum absolute atomic E-state index is 0.0561. The van der Waals surface area contributed by atoms with Crippen LogP contribution in [0.1, 0.15) is 11.1 Å². The maximum absolute atomic E-state index is 13.7. The van der Waals surface area contributed by atoms with Crippen LogP contribution in [0.3, 0.4) is 0 Å². The molecule has 0 spiro atoms. The second-order valence-corrected chi connectivity index (χ2v) is 5.88. The first kappa shape index (κ1) is 17.8. The van der Waals surface area contributed by atoms with E-state index in [-0.39, 0.29) is 27.5 Å². The number of rotatable bonds is 3. The van der Waals surface area contributed by atoms with E-state index in [9.17, 15) is 23.1 Å². The number of hydrogen-bond acceptors (Lipinski definition) is 4. The summed E-state index contributed by atoms with van der Waals surface area (Å²) in [7, 11) is 0. The summed E-state index contributed by atoms with van der Waals surface area (Å²) in [6.45, 7) is -0.629. The Morgan fingerprint density at radius 2 is 1.88 bits per heavy atom. The van der Waals surface area contributed by atoms with Crippen LogP contribution in [0.15, 0.2) is 36.4 Å². The molecule has 0 saturated heterocycles. The van der Waals surface area contributed by atoms with Gasteiger partial charge in [-0.3, -0.25) is 0 Å². The number of ether oxygens (including phenoxy) is 1. The van der Waals surface area contributed by atoms with Gasteiger partial charge in [-0.2, -0.15) is 13.2 Å². The quantitative estimate of drug-likeness (QED) is 0.850. The maximum atomic E-state index is 13.7. The normalized spacial score (nSPS) is 18.5. The van der Waals surface area contributed by atoms with Gasteiger partial charge in [-0.1, -0.05) is 35.9 Å². The molecule has 2 aromatic carbocycles. The average Bonchev–Trinajstić information content (AvgIpc) is 2.83. The van der Waals surface area contributed by atoms with Crippen LogP contribution < -0.4 is 4.74 Å². The number of fused-ring (bicyclic) bond motifs is 3. The first-order valence-electron chi connectivity index (χ1n) is 6.87. The molecule has 9 heteroatoms. The van der Waals surface area contributed by atoms with Crippen LogP contribution in [0.5, 0.6) is 5.75 Å². The third-order valence-corrected chi connectivity index (χ3v) is 4.36. The van der Waals surface area contributed by atoms with E-state index in [1.54, 1.807) is 6.07 Å². The van der Waals surface area contributed by atoms with Gasteiger partial charge in [0, 0.05) is 16.7 Å². The van der Waals surface area contributed by atoms with Crippen molar-refractivity contribution in [3.8, 4) is 16.9 Å². The Balaban J connectivity index is 2.18. The van der Waals surface area contributed by atoms with Gasteiger partial charge in [0.15, 0.2) is 6.61 Å². The lowest BCUT2D eigenvalue weighted by Gasteiger charge is -2.28. The smallest absolute Gasteiger partial charge is 0.425 e. The molecule has 1 unspecified atom stereocenters. The topological polar surface area (TPSA) is 55.8 Å². The fraction of sp³-hybridized carbons (Fsp3) is 0.188. The molecule has 25 heavy (non-hydrogen) atoms. The SMILES string of the molecule is O=C(COc1cc(Cl)c2c(c1)C(O)(C(F)(F)F)c1ccccc1-2)OCl. The highest BCUT2D eigenvalue weighted by Crippen LogP contribution is 2.57. The van der Waals surface area contributed by atoms with E-state index in [0.717, 1.165) is 6.07 Å². The summed E-state index contributed by atoms with van der Waals surface area (Å²) < 4.78 is 50.1. The first-order valence-corrected chi connectivity index (χ1v) is 7.56. The van der Waals surface area contributed by atoms with Crippen molar-refractivity contribution in [1.29, 1.82) is 0 Å². The number of benzene rings is 2. The zero-order valence-corrected chi connectivity index (χ0v) is 13.7. The van der Waals surface area contributed by atoms with Crippen LogP contribution in [-0.2, 0) is 14.7 Å². The van der Waals surface area contributed by atoms with Crippen LogP contribution in [0.4, 0.5) is 13.2 Å². The van der Waals surface area contributed by atoms with Crippen LogP contribution in [0.2, 0.25) is 5.02 Å². The Labute approximate surface area is 149 Å². The van der Waals surface area contributed by atoms with Crippen molar-refractivity contribution < 1.29 is 32.1 Å². The standard InChI is InChI=1S/C16H9Cl2F3O4/c17-12-6-8(24-7-13(22)25-18)5-11-14(12)9-3-1-2-4-10(9)15(11,23)16(19,20)21/h1-6,23H,7H2. The first-order chi connectivity index (χ1) is 11.7. The molecule has 1 aliphatic carbocycles. The molecule has 0 amide bonds. The van der Waals surface area contributed by atoms with Gasteiger partial charge in [0.1, 0.15) is 17.6 Å². The second-order valence-electron chi connectivity index (χ2n) is 5.32. The Morgan fingerprint density at radius 1 is 1.20 bits per heavy atom. The highest BCUT2D eigenvalue weighted by Gasteiger charge is 2.61. The summed E-state index contributed by atoms with van der Waals surface area (Å²) in [6, 6.07) is 7.81. The summed E-state index contributed by atoms with van der Waals surface area (Å²) in [5.74, 6) is -1.08. The van der Waals surface area contributed by atoms with Gasteiger partial charge < -0.3 is 14.1 Å². The number of carbonyl (C=O) groups is 1. The highest BCUT2D eigenvalue weighted by atomic mass is 35.5. The molecule has 0 aromatic heterocycles. The average molecular weight is 393 g/mol. The van der Waals surface area contributed by atoms with Crippen molar-refractivity contribution in [2.75, 3.05) is 6.61 Å². The summed E-state index contributed by atoms with van der Waals surface area (Å²) in [6.07, 6.45) is -4.99. The lowest BCUT2D eigenvalue weighted by Crippen LogP contribution is -2.41. The van der Waals surface area contributed by atoms with Crippen LogP contribution in [0.25, 0.3) is 11.1 Å². The zero-order chi connectivity index (χ0) is 18.4. The molecular formula is C16H9Cl2F3O4. The molecule has 1 atom stereocenters. The van der Waals surface area contributed by atoms with Gasteiger partial charge in [-0.25, -0.2) is 4.79 Å². The molecule has 3 rings (SSSR count). The van der Waals surface area contributed by atoms with E-state index in [1.165, 1.54) is 24.3 Å². The summed E-state index contributed by atoms with van der Waals surface area (Å²) in [5, 5.41) is 10.5. The fourth-order valence-corrected chi connectivity index (χ4v) is 3.21. The second kappa shape index (κ2) is 6.09. The molecule has 0 radical (unpaired) electrons. The molecule has 0 bridgehead atoms. The van der Waals surface area contributed by atoms with Gasteiger partial charge in [-0.15, -0.1) is 0 Å². The largest absolute Gasteiger partial charge is 0.482 e. The molecule has 132 valence electrons. The predicted molar refractivity (Wildman–Crippen MR) is 83.4 cm³/mol. The van der Waals surface area contributed by atoms with Gasteiger partial charge in [-0.05, 0) is 17.7 Å². The molecule has 0 heterocycles. The number of alkyl halides is 3. The van der Waals surface area contributed by atoms with Crippen LogP contribution >= 0.6 is 23.5 Å². The van der Waals surface area contributed by atoms with Gasteiger partial charge in [0.25, 0.3) is 0 Å². The van der Waals surface area contributed by atoms with Gasteiger partial charge in [0.2, 0.25) is 5.60 Å². The van der Waals surface area contributed by atoms with E-state index in [4.69, 9.17) is 28.2 Å². The van der Waals surface area contributed by atoms with Crippen molar-refractivity contribution in [3.63, 3.8) is 0 Å². The predicted octanol–water partition coefficient (Wildman–Crippen LogP) is 4.19. The van der Waals surface area contributed by atoms with Crippen molar-refractivity contribution in [2.24, 2.45) is 0 Å². The minimum atomic E-state index is -4.99. The summed E-state index contributed by atoms with van der Waals surface area (Å²) >= 11 is 11.0. The molecule has 0 fully saturated rings. The molecule has 1 aliphatic rings. The molecule has 2 aromatic rings. The molecule has 1 N–H and O–H groups in total. The number of aliphatic hydroxyl groups is 1. The fourth-order valence-electron chi connectivity index (χ4n) is 2.86. The van der Waals surface area contributed by atoms with Gasteiger partial charge in [0.05, 0.1) is 5.02 Å². The van der Waals surface area contributed by atoms with E-state index in [2.05, 4.69) is 4.29 Å². The summed E-state index contributed by atoms with van der Waals surface area (Å²) in [5.41, 5.74) is -3.80. The van der Waals surface area contributed by atoms with E-state index in [1.807, 2.05) is 0 Å². The van der Waals surface area contributed by atoms with E-state index in [0.29, 0.717) is 0 Å². The highest BCUT2D eigenvalue weighted by molar-refractivity contribution is 6.34.